The van der Waals surface area contributed by atoms with Crippen molar-refractivity contribution in [2.75, 3.05) is 40.1 Å². The molecule has 5 rings (SSSR count). The number of carbonyl (C=O) groups is 1. The van der Waals surface area contributed by atoms with Gasteiger partial charge in [-0.2, -0.15) is 0 Å². The number of hydrogen-bond acceptors (Lipinski definition) is 7. The molecule has 11 heteroatoms. The van der Waals surface area contributed by atoms with E-state index < -0.39 is 17.1 Å². The zero-order valence-corrected chi connectivity index (χ0v) is 22.6. The predicted molar refractivity (Wildman–Crippen MR) is 149 cm³/mol. The van der Waals surface area contributed by atoms with Crippen molar-refractivity contribution in [3.63, 3.8) is 0 Å². The summed E-state index contributed by atoms with van der Waals surface area (Å²) in [5.41, 5.74) is 3.68. The Bertz CT molecular complexity index is 1490. The van der Waals surface area contributed by atoms with Crippen LogP contribution in [0.2, 0.25) is 5.02 Å². The van der Waals surface area contributed by atoms with E-state index in [1.54, 1.807) is 12.0 Å². The van der Waals surface area contributed by atoms with Crippen molar-refractivity contribution in [1.82, 2.24) is 9.88 Å². The maximum Gasteiger partial charge on any atom is 0.416 e. The van der Waals surface area contributed by atoms with Crippen LogP contribution in [-0.2, 0) is 15.9 Å². The lowest BCUT2D eigenvalue weighted by Gasteiger charge is -2.35. The van der Waals surface area contributed by atoms with E-state index in [0.717, 1.165) is 27.7 Å². The van der Waals surface area contributed by atoms with Crippen molar-refractivity contribution >= 4 is 34.3 Å². The molecule has 40 heavy (non-hydrogen) atoms. The van der Waals surface area contributed by atoms with Crippen LogP contribution in [0.1, 0.15) is 22.9 Å². The second kappa shape index (κ2) is 12.4. The first-order valence-corrected chi connectivity index (χ1v) is 13.1. The van der Waals surface area contributed by atoms with Gasteiger partial charge in [-0.1, -0.05) is 23.7 Å². The van der Waals surface area contributed by atoms with Crippen molar-refractivity contribution in [2.24, 2.45) is 0 Å². The third kappa shape index (κ3) is 6.04. The van der Waals surface area contributed by atoms with Crippen LogP contribution in [-0.4, -0.2) is 61.0 Å². The number of carbonyl (C=O) groups excluding carboxylic acids is 1. The highest BCUT2D eigenvalue weighted by Gasteiger charge is 2.36. The van der Waals surface area contributed by atoms with Gasteiger partial charge in [0.1, 0.15) is 24.1 Å². The predicted octanol–water partition coefficient (Wildman–Crippen LogP) is 5.92. The lowest BCUT2D eigenvalue weighted by molar-refractivity contribution is -0.384. The van der Waals surface area contributed by atoms with E-state index in [1.165, 1.54) is 24.3 Å². The molecule has 0 spiro atoms. The summed E-state index contributed by atoms with van der Waals surface area (Å²) in [7, 11) is 1.62. The molecule has 0 radical (unpaired) electrons. The third-order valence-corrected chi connectivity index (χ3v) is 6.94. The van der Waals surface area contributed by atoms with Crippen LogP contribution in [0.25, 0.3) is 10.9 Å². The summed E-state index contributed by atoms with van der Waals surface area (Å²) in [5, 5.41) is 12.6. The SMILES string of the molecule is COCCOCCOc1ccc(C2c3[nH]c4ccc(Cl)cc4c3CCN2C(=O)Oc2ccc([N+](=O)[O-])cc2)cc1. The number of nitrogens with zero attached hydrogens (tertiary/aromatic N) is 2. The Morgan fingerprint density at radius 1 is 1.02 bits per heavy atom. The molecule has 1 aliphatic heterocycles. The first kappa shape index (κ1) is 27.4. The number of methoxy groups -OCH3 is 1. The molecule has 1 atom stereocenters. The summed E-state index contributed by atoms with van der Waals surface area (Å²) in [5.74, 6) is 0.901. The van der Waals surface area contributed by atoms with Crippen molar-refractivity contribution in [3.05, 3.63) is 98.7 Å². The number of nitro benzene ring substituents is 1. The Kier molecular flexibility index (Phi) is 8.49. The molecule has 1 aromatic heterocycles. The molecule has 3 aromatic carbocycles. The molecule has 0 aliphatic carbocycles. The summed E-state index contributed by atoms with van der Waals surface area (Å²) in [6, 6.07) is 18.2. The van der Waals surface area contributed by atoms with Crippen LogP contribution in [0.5, 0.6) is 11.5 Å². The minimum atomic E-state index is -0.560. The monoisotopic (exact) mass is 565 g/mol. The van der Waals surface area contributed by atoms with Crippen molar-refractivity contribution in [1.29, 1.82) is 0 Å². The van der Waals surface area contributed by atoms with Crippen molar-refractivity contribution in [3.8, 4) is 11.5 Å². The van der Waals surface area contributed by atoms with E-state index in [4.69, 9.17) is 30.5 Å². The summed E-state index contributed by atoms with van der Waals surface area (Å²) in [4.78, 5) is 29.1. The number of aromatic amines is 1. The number of rotatable bonds is 10. The van der Waals surface area contributed by atoms with Gasteiger partial charge in [-0.3, -0.25) is 15.0 Å². The number of ether oxygens (including phenoxy) is 4. The molecule has 2 heterocycles. The van der Waals surface area contributed by atoms with Crippen LogP contribution in [0.4, 0.5) is 10.5 Å². The number of benzene rings is 3. The van der Waals surface area contributed by atoms with E-state index >= 15 is 0 Å². The molecular weight excluding hydrogens is 538 g/mol. The minimum absolute atomic E-state index is 0.0825. The molecule has 0 saturated heterocycles. The second-order valence-electron chi connectivity index (χ2n) is 9.19. The number of halogens is 1. The van der Waals surface area contributed by atoms with Crippen LogP contribution in [0.15, 0.2) is 66.7 Å². The highest BCUT2D eigenvalue weighted by molar-refractivity contribution is 6.31. The van der Waals surface area contributed by atoms with Gasteiger partial charge < -0.3 is 23.9 Å². The fraction of sp³-hybridized carbons (Fsp3) is 0.276. The van der Waals surface area contributed by atoms with Gasteiger partial charge in [-0.05, 0) is 60.0 Å². The van der Waals surface area contributed by atoms with Gasteiger partial charge in [0.25, 0.3) is 5.69 Å². The van der Waals surface area contributed by atoms with Crippen molar-refractivity contribution in [2.45, 2.75) is 12.5 Å². The Morgan fingerprint density at radius 3 is 2.48 bits per heavy atom. The van der Waals surface area contributed by atoms with Crippen LogP contribution in [0.3, 0.4) is 0 Å². The van der Waals surface area contributed by atoms with Gasteiger partial charge in [-0.25, -0.2) is 4.79 Å². The molecule has 0 bridgehead atoms. The average Bonchev–Trinajstić information content (AvgIpc) is 3.33. The number of non-ortho nitro benzene ring substituents is 1. The molecular formula is C29H28ClN3O7. The average molecular weight is 566 g/mol. The minimum Gasteiger partial charge on any atom is -0.491 e. The second-order valence-corrected chi connectivity index (χ2v) is 9.63. The fourth-order valence-corrected chi connectivity index (χ4v) is 4.98. The standard InChI is InChI=1S/C29H28ClN3O7/c1-37-14-15-38-16-17-39-22-7-2-19(3-8-22)28-27-24(25-18-20(30)4-11-26(25)31-27)12-13-32(28)29(34)40-23-9-5-21(6-10-23)33(35)36/h2-11,18,28,31H,12-17H2,1H3. The molecule has 0 saturated carbocycles. The van der Waals surface area contributed by atoms with Gasteiger partial charge in [0.05, 0.1) is 24.7 Å². The molecule has 1 unspecified atom stereocenters. The zero-order chi connectivity index (χ0) is 28.1. The van der Waals surface area contributed by atoms with E-state index in [0.29, 0.717) is 50.2 Å². The first-order chi connectivity index (χ1) is 19.4. The van der Waals surface area contributed by atoms with Crippen LogP contribution < -0.4 is 9.47 Å². The topological polar surface area (TPSA) is 116 Å². The van der Waals surface area contributed by atoms with Crippen LogP contribution >= 0.6 is 11.6 Å². The quantitative estimate of drug-likeness (QED) is 0.144. The molecule has 4 aromatic rings. The Hall–Kier alpha value is -4.12. The largest absolute Gasteiger partial charge is 0.491 e. The third-order valence-electron chi connectivity index (χ3n) is 6.70. The smallest absolute Gasteiger partial charge is 0.416 e. The number of H-pyrrole nitrogens is 1. The summed E-state index contributed by atoms with van der Waals surface area (Å²) >= 11 is 6.30. The molecule has 10 nitrogen and oxygen atoms in total. The lowest BCUT2D eigenvalue weighted by atomic mass is 9.92. The molecule has 1 N–H and O–H groups in total. The number of amides is 1. The van der Waals surface area contributed by atoms with Gasteiger partial charge >= 0.3 is 6.09 Å². The molecule has 1 amide bonds. The van der Waals surface area contributed by atoms with Gasteiger partial charge in [0.2, 0.25) is 0 Å². The fourth-order valence-electron chi connectivity index (χ4n) is 4.81. The van der Waals surface area contributed by atoms with Crippen molar-refractivity contribution < 1.29 is 28.7 Å². The Balaban J connectivity index is 1.40. The highest BCUT2D eigenvalue weighted by atomic mass is 35.5. The molecule has 0 fully saturated rings. The van der Waals surface area contributed by atoms with Crippen LogP contribution in [0, 0.1) is 10.1 Å². The van der Waals surface area contributed by atoms with E-state index in [9.17, 15) is 14.9 Å². The maximum atomic E-state index is 13.5. The van der Waals surface area contributed by atoms with E-state index in [-0.39, 0.29) is 11.4 Å². The first-order valence-electron chi connectivity index (χ1n) is 12.8. The van der Waals surface area contributed by atoms with Gasteiger partial charge in [0, 0.05) is 47.4 Å². The Morgan fingerprint density at radius 2 is 1.75 bits per heavy atom. The molecule has 1 aliphatic rings. The normalized spacial score (nSPS) is 14.7. The van der Waals surface area contributed by atoms with Gasteiger partial charge in [0.15, 0.2) is 0 Å². The number of fused-ring (bicyclic) bond motifs is 3. The highest BCUT2D eigenvalue weighted by Crippen LogP contribution is 2.40. The maximum absolute atomic E-state index is 13.5. The van der Waals surface area contributed by atoms with E-state index in [1.807, 2.05) is 42.5 Å². The number of nitro groups is 1. The molecule has 208 valence electrons. The summed E-state index contributed by atoms with van der Waals surface area (Å²) in [6.45, 7) is 2.27. The van der Waals surface area contributed by atoms with E-state index in [2.05, 4.69) is 4.98 Å². The van der Waals surface area contributed by atoms with Gasteiger partial charge in [-0.15, -0.1) is 0 Å². The zero-order valence-electron chi connectivity index (χ0n) is 21.8. The number of nitrogens with one attached hydrogen (secondary N) is 1. The Labute approximate surface area is 235 Å². The lowest BCUT2D eigenvalue weighted by Crippen LogP contribution is -2.42. The number of hydrogen-bond donors (Lipinski definition) is 1. The number of aromatic nitrogens is 1. The summed E-state index contributed by atoms with van der Waals surface area (Å²) in [6.07, 6.45) is 0.0425. The summed E-state index contributed by atoms with van der Waals surface area (Å²) < 4.78 is 21.9.